The van der Waals surface area contributed by atoms with Gasteiger partial charge < -0.3 is 0 Å². The molecular formula is C7H10FN. The van der Waals surface area contributed by atoms with Crippen LogP contribution in [0.2, 0.25) is 0 Å². The Kier molecular flexibility index (Phi) is 3.60. The van der Waals surface area contributed by atoms with E-state index in [1.54, 1.807) is 19.9 Å². The maximum absolute atomic E-state index is 12.3. The van der Waals surface area contributed by atoms with E-state index < -0.39 is 5.97 Å². The molecule has 0 saturated heterocycles. The molecule has 0 bridgehead atoms. The summed E-state index contributed by atoms with van der Waals surface area (Å²) in [6, 6.07) is 0. The largest absolute Gasteiger partial charge is 0.226 e. The molecule has 2 heteroatoms. The predicted molar refractivity (Wildman–Crippen MR) is 38.2 cm³/mol. The smallest absolute Gasteiger partial charge is 0.212 e. The monoisotopic (exact) mass is 127 g/mol. The summed E-state index contributed by atoms with van der Waals surface area (Å²) in [5.74, 6) is -0.495. The summed E-state index contributed by atoms with van der Waals surface area (Å²) in [5.41, 5.74) is 0.477. The Labute approximate surface area is 54.6 Å². The molecule has 0 heterocycles. The van der Waals surface area contributed by atoms with Gasteiger partial charge in [0.2, 0.25) is 5.97 Å². The fourth-order valence-electron chi connectivity index (χ4n) is 0.357. The molecule has 0 amide bonds. The van der Waals surface area contributed by atoms with Crippen LogP contribution in [0.25, 0.3) is 0 Å². The number of hydrogen-bond acceptors (Lipinski definition) is 1. The van der Waals surface area contributed by atoms with Crippen molar-refractivity contribution in [3.05, 3.63) is 24.4 Å². The molecule has 0 unspecified atom stereocenters. The standard InChI is InChI=1S/C7H10FN/c1-4-5-7(8)9-6(2)3/h4-5H,2H2,1,3H3/b5-4-,9-7?. The van der Waals surface area contributed by atoms with E-state index in [2.05, 4.69) is 11.6 Å². The van der Waals surface area contributed by atoms with Crippen LogP contribution in [0.4, 0.5) is 4.39 Å². The molecule has 0 aliphatic carbocycles. The molecule has 9 heavy (non-hydrogen) atoms. The average Bonchev–Trinajstić information content (AvgIpc) is 1.63. The lowest BCUT2D eigenvalue weighted by Crippen LogP contribution is -1.79. The molecule has 0 aliphatic heterocycles. The van der Waals surface area contributed by atoms with Crippen LogP contribution in [0.15, 0.2) is 29.4 Å². The second kappa shape index (κ2) is 4.01. The van der Waals surface area contributed by atoms with Gasteiger partial charge in [0.25, 0.3) is 0 Å². The van der Waals surface area contributed by atoms with Crippen molar-refractivity contribution in [2.45, 2.75) is 13.8 Å². The summed E-state index contributed by atoms with van der Waals surface area (Å²) in [6.45, 7) is 6.79. The van der Waals surface area contributed by atoms with Crippen LogP contribution >= 0.6 is 0 Å². The van der Waals surface area contributed by atoms with Crippen molar-refractivity contribution >= 4 is 5.97 Å². The molecule has 0 aromatic rings. The van der Waals surface area contributed by atoms with Crippen LogP contribution < -0.4 is 0 Å². The molecule has 0 saturated carbocycles. The van der Waals surface area contributed by atoms with E-state index >= 15 is 0 Å². The van der Waals surface area contributed by atoms with E-state index in [1.807, 2.05) is 0 Å². The van der Waals surface area contributed by atoms with E-state index in [0.717, 1.165) is 0 Å². The summed E-state index contributed by atoms with van der Waals surface area (Å²) in [6.07, 6.45) is 2.87. The topological polar surface area (TPSA) is 12.4 Å². The van der Waals surface area contributed by atoms with Gasteiger partial charge in [-0.2, -0.15) is 4.39 Å². The molecule has 0 atom stereocenters. The Morgan fingerprint density at radius 1 is 1.67 bits per heavy atom. The quantitative estimate of drug-likeness (QED) is 0.505. The lowest BCUT2D eigenvalue weighted by Gasteiger charge is -1.84. The summed E-state index contributed by atoms with van der Waals surface area (Å²) in [4.78, 5) is 3.44. The lowest BCUT2D eigenvalue weighted by atomic mass is 10.5. The fraction of sp³-hybridized carbons (Fsp3) is 0.286. The molecule has 0 aromatic heterocycles. The third kappa shape index (κ3) is 4.94. The highest BCUT2D eigenvalue weighted by molar-refractivity contribution is 5.87. The van der Waals surface area contributed by atoms with Gasteiger partial charge in [0.15, 0.2) is 0 Å². The van der Waals surface area contributed by atoms with E-state index in [0.29, 0.717) is 5.70 Å². The maximum Gasteiger partial charge on any atom is 0.212 e. The molecule has 0 rings (SSSR count). The number of aliphatic imine (C=N–C) groups is 1. The van der Waals surface area contributed by atoms with E-state index in [1.165, 1.54) is 6.08 Å². The van der Waals surface area contributed by atoms with Crippen molar-refractivity contribution in [1.82, 2.24) is 0 Å². The molecular weight excluding hydrogens is 117 g/mol. The van der Waals surface area contributed by atoms with Gasteiger partial charge in [-0.3, -0.25) is 0 Å². The predicted octanol–water partition coefficient (Wildman–Crippen LogP) is 2.46. The second-order valence-electron chi connectivity index (χ2n) is 1.67. The minimum Gasteiger partial charge on any atom is -0.226 e. The molecule has 50 valence electrons. The van der Waals surface area contributed by atoms with Crippen molar-refractivity contribution in [1.29, 1.82) is 0 Å². The van der Waals surface area contributed by atoms with Gasteiger partial charge in [0, 0.05) is 5.70 Å². The van der Waals surface area contributed by atoms with Crippen LogP contribution in [0, 0.1) is 0 Å². The highest BCUT2D eigenvalue weighted by atomic mass is 19.1. The molecule has 0 radical (unpaired) electrons. The minimum atomic E-state index is -0.495. The summed E-state index contributed by atoms with van der Waals surface area (Å²) in [5, 5.41) is 0. The molecule has 0 spiro atoms. The lowest BCUT2D eigenvalue weighted by molar-refractivity contribution is 0.809. The first-order valence-corrected chi connectivity index (χ1v) is 2.69. The van der Waals surface area contributed by atoms with Gasteiger partial charge in [-0.15, -0.1) is 0 Å². The zero-order chi connectivity index (χ0) is 7.28. The van der Waals surface area contributed by atoms with Crippen LogP contribution in [0.3, 0.4) is 0 Å². The first-order chi connectivity index (χ1) is 4.16. The SMILES string of the molecule is C=C(C)N=C(F)/C=C\C. The molecule has 0 fully saturated rings. The number of hydrogen-bond donors (Lipinski definition) is 0. The molecule has 1 nitrogen and oxygen atoms in total. The third-order valence-corrected chi connectivity index (χ3v) is 0.602. The highest BCUT2D eigenvalue weighted by Crippen LogP contribution is 1.92. The second-order valence-corrected chi connectivity index (χ2v) is 1.67. The van der Waals surface area contributed by atoms with E-state index in [9.17, 15) is 4.39 Å². The summed E-state index contributed by atoms with van der Waals surface area (Å²) in [7, 11) is 0. The van der Waals surface area contributed by atoms with Gasteiger partial charge in [-0.1, -0.05) is 12.7 Å². The van der Waals surface area contributed by atoms with Crippen molar-refractivity contribution in [2.24, 2.45) is 4.99 Å². The molecule has 0 aromatic carbocycles. The Hall–Kier alpha value is -0.920. The van der Waals surface area contributed by atoms with Crippen LogP contribution in [0.5, 0.6) is 0 Å². The Balaban J connectivity index is 4.00. The summed E-state index contributed by atoms with van der Waals surface area (Å²) >= 11 is 0. The number of allylic oxidation sites excluding steroid dienone is 3. The van der Waals surface area contributed by atoms with Crippen LogP contribution in [-0.4, -0.2) is 5.97 Å². The van der Waals surface area contributed by atoms with Gasteiger partial charge in [-0.25, -0.2) is 4.99 Å². The number of halogens is 1. The van der Waals surface area contributed by atoms with Gasteiger partial charge in [-0.05, 0) is 19.9 Å². The van der Waals surface area contributed by atoms with Crippen LogP contribution in [-0.2, 0) is 0 Å². The van der Waals surface area contributed by atoms with Crippen molar-refractivity contribution < 1.29 is 4.39 Å². The zero-order valence-corrected chi connectivity index (χ0v) is 5.69. The number of nitrogens with zero attached hydrogens (tertiary/aromatic N) is 1. The molecule has 0 aliphatic rings. The van der Waals surface area contributed by atoms with Gasteiger partial charge in [0.1, 0.15) is 0 Å². The minimum absolute atomic E-state index is 0.477. The maximum atomic E-state index is 12.3. The normalized spacial score (nSPS) is 12.6. The number of rotatable bonds is 2. The Morgan fingerprint density at radius 2 is 2.22 bits per heavy atom. The van der Waals surface area contributed by atoms with E-state index in [4.69, 9.17) is 0 Å². The Morgan fingerprint density at radius 3 is 2.56 bits per heavy atom. The Bertz CT molecular complexity index is 156. The van der Waals surface area contributed by atoms with Crippen LogP contribution in [0.1, 0.15) is 13.8 Å². The zero-order valence-electron chi connectivity index (χ0n) is 5.69. The summed E-state index contributed by atoms with van der Waals surface area (Å²) < 4.78 is 12.3. The first kappa shape index (κ1) is 8.08. The van der Waals surface area contributed by atoms with E-state index in [-0.39, 0.29) is 0 Å². The first-order valence-electron chi connectivity index (χ1n) is 2.69. The fourth-order valence-corrected chi connectivity index (χ4v) is 0.357. The van der Waals surface area contributed by atoms with Crippen molar-refractivity contribution in [3.63, 3.8) is 0 Å². The van der Waals surface area contributed by atoms with Gasteiger partial charge in [0.05, 0.1) is 0 Å². The van der Waals surface area contributed by atoms with Crippen molar-refractivity contribution in [3.8, 4) is 0 Å². The van der Waals surface area contributed by atoms with Crippen molar-refractivity contribution in [2.75, 3.05) is 0 Å². The van der Waals surface area contributed by atoms with Gasteiger partial charge >= 0.3 is 0 Å². The average molecular weight is 127 g/mol. The highest BCUT2D eigenvalue weighted by Gasteiger charge is 1.84. The third-order valence-electron chi connectivity index (χ3n) is 0.602. The molecule has 0 N–H and O–H groups in total.